The van der Waals surface area contributed by atoms with Gasteiger partial charge in [0.15, 0.2) is 12.0 Å². The van der Waals surface area contributed by atoms with Gasteiger partial charge in [0, 0.05) is 49.0 Å². The van der Waals surface area contributed by atoms with Crippen molar-refractivity contribution in [2.75, 3.05) is 18.4 Å². The number of H-pyrrole nitrogens is 1. The number of hydrogen-bond acceptors (Lipinski definition) is 9. The van der Waals surface area contributed by atoms with Gasteiger partial charge in [0.1, 0.15) is 0 Å². The Morgan fingerprint density at radius 1 is 1.16 bits per heavy atom. The molecular weight excluding hydrogens is 478 g/mol. The Morgan fingerprint density at radius 2 is 1.95 bits per heavy atom. The number of nitro groups is 1. The summed E-state index contributed by atoms with van der Waals surface area (Å²) in [4.78, 5) is 44.7. The van der Waals surface area contributed by atoms with Crippen molar-refractivity contribution in [1.82, 2.24) is 21.0 Å². The molecule has 0 saturated carbocycles. The molecule has 1 atom stereocenters. The van der Waals surface area contributed by atoms with Gasteiger partial charge in [-0.05, 0) is 17.9 Å². The third-order valence-electron chi connectivity index (χ3n) is 5.95. The highest BCUT2D eigenvalue weighted by Gasteiger charge is 2.23. The molecule has 0 fully saturated rings. The lowest BCUT2D eigenvalue weighted by Crippen LogP contribution is -2.38. The minimum Gasteiger partial charge on any atom is -0.391 e. The van der Waals surface area contributed by atoms with Crippen LogP contribution in [-0.2, 0) is 9.63 Å². The molecule has 1 unspecified atom stereocenters. The minimum absolute atomic E-state index is 0.0129. The van der Waals surface area contributed by atoms with E-state index in [4.69, 9.17) is 4.84 Å². The number of anilines is 1. The molecule has 194 valence electrons. The maximum absolute atomic E-state index is 12.4. The molecule has 0 saturated heterocycles. The number of carbonyl (C=O) groups is 1. The van der Waals surface area contributed by atoms with Crippen LogP contribution in [0.2, 0.25) is 0 Å². The third-order valence-corrected chi connectivity index (χ3v) is 5.95. The molecule has 0 radical (unpaired) electrons. The van der Waals surface area contributed by atoms with Gasteiger partial charge in [-0.1, -0.05) is 44.2 Å². The fraction of sp³-hybridized carbons (Fsp3) is 0.360. The molecule has 4 N–H and O–H groups in total. The van der Waals surface area contributed by atoms with Crippen LogP contribution >= 0.6 is 0 Å². The molecular formula is C25H29N7O5. The van der Waals surface area contributed by atoms with Crippen molar-refractivity contribution in [1.29, 1.82) is 0 Å². The summed E-state index contributed by atoms with van der Waals surface area (Å²) in [5.41, 5.74) is 2.86. The molecule has 1 aliphatic rings. The topological polar surface area (TPSA) is 164 Å². The standard InChI is InChI=1S/C25H29N7O5/c1-25(2,15-27-23-18-9-3-4-10-19(18)24(34)30-29-23)14-26-20(33)11-6-12-21-28-22(31-37-21)16-7-5-8-17(13-16)32(35)36/h3-5,7-10,13,22,31H,6,11-12,14-15H2,1-2H3,(H,26,33)(H,27,29)(H,30,34). The maximum Gasteiger partial charge on any atom is 0.272 e. The predicted molar refractivity (Wildman–Crippen MR) is 139 cm³/mol. The number of rotatable bonds is 11. The number of nitrogens with zero attached hydrogens (tertiary/aromatic N) is 3. The molecule has 12 heteroatoms. The first-order chi connectivity index (χ1) is 17.7. The van der Waals surface area contributed by atoms with Gasteiger partial charge in [-0.2, -0.15) is 5.10 Å². The SMILES string of the molecule is CC(C)(CNC(=O)CCCC1=NC(c2cccc([N+](=O)[O-])c2)NO1)CNc1n[nH]c(=O)c2ccccc12. The first-order valence-electron chi connectivity index (χ1n) is 11.9. The molecule has 37 heavy (non-hydrogen) atoms. The van der Waals surface area contributed by atoms with Crippen LogP contribution in [-0.4, -0.2) is 40.0 Å². The monoisotopic (exact) mass is 507 g/mol. The lowest BCUT2D eigenvalue weighted by Gasteiger charge is -2.26. The van der Waals surface area contributed by atoms with Crippen LogP contribution in [0.15, 0.2) is 58.3 Å². The highest BCUT2D eigenvalue weighted by molar-refractivity contribution is 5.90. The Hall–Kier alpha value is -4.32. The molecule has 1 aliphatic heterocycles. The number of hydrogen-bond donors (Lipinski definition) is 4. The van der Waals surface area contributed by atoms with E-state index < -0.39 is 11.1 Å². The molecule has 2 aromatic carbocycles. The zero-order valence-electron chi connectivity index (χ0n) is 20.6. The highest BCUT2D eigenvalue weighted by atomic mass is 16.7. The second kappa shape index (κ2) is 11.2. The van der Waals surface area contributed by atoms with Crippen molar-refractivity contribution in [3.8, 4) is 0 Å². The van der Waals surface area contributed by atoms with E-state index in [0.29, 0.717) is 55.0 Å². The van der Waals surface area contributed by atoms with Gasteiger partial charge >= 0.3 is 0 Å². The number of aliphatic imine (C=N–C) groups is 1. The smallest absolute Gasteiger partial charge is 0.272 e. The van der Waals surface area contributed by atoms with E-state index in [1.165, 1.54) is 12.1 Å². The summed E-state index contributed by atoms with van der Waals surface area (Å²) in [5, 5.41) is 25.2. The van der Waals surface area contributed by atoms with Crippen LogP contribution in [0.3, 0.4) is 0 Å². The number of aromatic nitrogens is 2. The quantitative estimate of drug-likeness (QED) is 0.227. The predicted octanol–water partition coefficient (Wildman–Crippen LogP) is 3.19. The minimum atomic E-state index is -0.522. The third kappa shape index (κ3) is 6.67. The first-order valence-corrected chi connectivity index (χ1v) is 11.9. The number of amides is 1. The van der Waals surface area contributed by atoms with E-state index in [0.717, 1.165) is 5.39 Å². The Kier molecular flexibility index (Phi) is 7.77. The molecule has 4 rings (SSSR count). The molecule has 12 nitrogen and oxygen atoms in total. The van der Waals surface area contributed by atoms with E-state index in [-0.39, 0.29) is 22.6 Å². The van der Waals surface area contributed by atoms with Crippen molar-refractivity contribution >= 4 is 34.1 Å². The van der Waals surface area contributed by atoms with Gasteiger partial charge in [0.05, 0.1) is 10.3 Å². The van der Waals surface area contributed by atoms with Gasteiger partial charge in [-0.25, -0.2) is 10.1 Å². The van der Waals surface area contributed by atoms with Gasteiger partial charge in [-0.15, -0.1) is 5.48 Å². The lowest BCUT2D eigenvalue weighted by atomic mass is 9.93. The van der Waals surface area contributed by atoms with Crippen molar-refractivity contribution in [2.45, 2.75) is 39.3 Å². The Bertz CT molecular complexity index is 1390. The van der Waals surface area contributed by atoms with E-state index in [1.807, 2.05) is 26.0 Å². The van der Waals surface area contributed by atoms with Gasteiger partial charge in [0.2, 0.25) is 11.8 Å². The summed E-state index contributed by atoms with van der Waals surface area (Å²) >= 11 is 0. The number of carbonyl (C=O) groups excluding carboxylic acids is 1. The normalized spacial score (nSPS) is 15.2. The number of fused-ring (bicyclic) bond motifs is 1. The highest BCUT2D eigenvalue weighted by Crippen LogP contribution is 2.24. The number of benzene rings is 2. The fourth-order valence-electron chi connectivity index (χ4n) is 3.85. The van der Waals surface area contributed by atoms with Crippen LogP contribution in [0.1, 0.15) is 44.8 Å². The van der Waals surface area contributed by atoms with Crippen molar-refractivity contribution in [3.05, 3.63) is 74.6 Å². The molecule has 0 bridgehead atoms. The Balaban J connectivity index is 1.21. The average molecular weight is 508 g/mol. The van der Waals surface area contributed by atoms with E-state index in [2.05, 4.69) is 31.3 Å². The van der Waals surface area contributed by atoms with Crippen LogP contribution < -0.4 is 21.7 Å². The molecule has 1 amide bonds. The van der Waals surface area contributed by atoms with Crippen molar-refractivity contribution < 1.29 is 14.6 Å². The van der Waals surface area contributed by atoms with Crippen LogP contribution in [0.4, 0.5) is 11.5 Å². The summed E-state index contributed by atoms with van der Waals surface area (Å²) in [6, 6.07) is 13.5. The number of nitro benzene ring substituents is 1. The second-order valence-electron chi connectivity index (χ2n) is 9.59. The van der Waals surface area contributed by atoms with E-state index in [1.54, 1.807) is 24.3 Å². The Morgan fingerprint density at radius 3 is 2.73 bits per heavy atom. The van der Waals surface area contributed by atoms with Gasteiger partial charge in [0.25, 0.3) is 11.2 Å². The van der Waals surface area contributed by atoms with Gasteiger partial charge < -0.3 is 15.5 Å². The van der Waals surface area contributed by atoms with Gasteiger partial charge in [-0.3, -0.25) is 19.7 Å². The Labute approximate surface area is 212 Å². The van der Waals surface area contributed by atoms with E-state index >= 15 is 0 Å². The zero-order valence-corrected chi connectivity index (χ0v) is 20.6. The average Bonchev–Trinajstić information content (AvgIpc) is 3.36. The lowest BCUT2D eigenvalue weighted by molar-refractivity contribution is -0.384. The summed E-state index contributed by atoms with van der Waals surface area (Å²) in [6.07, 6.45) is 0.785. The largest absolute Gasteiger partial charge is 0.391 e. The summed E-state index contributed by atoms with van der Waals surface area (Å²) in [7, 11) is 0. The van der Waals surface area contributed by atoms with Crippen molar-refractivity contribution in [2.24, 2.45) is 10.4 Å². The van der Waals surface area contributed by atoms with Crippen LogP contribution in [0.25, 0.3) is 10.8 Å². The van der Waals surface area contributed by atoms with Crippen molar-refractivity contribution in [3.63, 3.8) is 0 Å². The zero-order chi connectivity index (χ0) is 26.4. The molecule has 0 aliphatic carbocycles. The molecule has 0 spiro atoms. The number of aromatic amines is 1. The van der Waals surface area contributed by atoms with Crippen LogP contribution in [0.5, 0.6) is 0 Å². The summed E-state index contributed by atoms with van der Waals surface area (Å²) < 4.78 is 0. The number of non-ortho nitro benzene ring substituents is 1. The summed E-state index contributed by atoms with van der Waals surface area (Å²) in [5.74, 6) is 0.959. The van der Waals surface area contributed by atoms with Crippen LogP contribution in [0, 0.1) is 15.5 Å². The maximum atomic E-state index is 12.4. The molecule has 2 heterocycles. The second-order valence-corrected chi connectivity index (χ2v) is 9.59. The number of hydroxylamine groups is 1. The fourth-order valence-corrected chi connectivity index (χ4v) is 3.85. The number of nitrogens with one attached hydrogen (secondary N) is 4. The van der Waals surface area contributed by atoms with E-state index in [9.17, 15) is 19.7 Å². The summed E-state index contributed by atoms with van der Waals surface area (Å²) in [6.45, 7) is 5.03. The first kappa shape index (κ1) is 25.8. The molecule has 3 aromatic rings. The molecule has 1 aromatic heterocycles.